The number of hydrogen-bond acceptors (Lipinski definition) is 1. The van der Waals surface area contributed by atoms with Gasteiger partial charge in [-0.05, 0) is 0 Å². The molecule has 1 amide bonds. The fourth-order valence-corrected chi connectivity index (χ4v) is 0.324. The molecule has 0 saturated heterocycles. The Labute approximate surface area is 57.9 Å². The maximum Gasteiger partial charge on any atom is 0.405 e. The second-order valence-corrected chi connectivity index (χ2v) is 1.75. The molecule has 0 radical (unpaired) electrons. The lowest BCUT2D eigenvalue weighted by molar-refractivity contribution is -0.138. The van der Waals surface area contributed by atoms with Crippen LogP contribution in [0.1, 0.15) is 14.8 Å². The Kier molecular flexibility index (Phi) is 3.18. The molecule has 0 heterocycles. The largest absolute Gasteiger partial charge is 0.405 e. The Morgan fingerprint density at radius 3 is 2.40 bits per heavy atom. The first-order valence-electron chi connectivity index (χ1n) is 2.79. The standard InChI is InChI=1S/C5H8F3NO.H2/c1-2-4(10)9-3-5(6,7)8;/h2-3H2,1H3,(H,9,10);1H. The molecular formula is C5H10F3NO. The van der Waals surface area contributed by atoms with Crippen molar-refractivity contribution >= 4 is 5.91 Å². The third-order valence-corrected chi connectivity index (χ3v) is 0.807. The van der Waals surface area contributed by atoms with Crippen LogP contribution in [-0.4, -0.2) is 18.6 Å². The molecule has 0 atom stereocenters. The normalized spacial score (nSPS) is 11.2. The van der Waals surface area contributed by atoms with Crippen LogP contribution >= 0.6 is 0 Å². The van der Waals surface area contributed by atoms with Gasteiger partial charge in [0.2, 0.25) is 5.91 Å². The van der Waals surface area contributed by atoms with Crippen LogP contribution in [0.4, 0.5) is 13.2 Å². The van der Waals surface area contributed by atoms with Crippen molar-refractivity contribution in [3.05, 3.63) is 0 Å². The summed E-state index contributed by atoms with van der Waals surface area (Å²) in [5, 5.41) is 1.71. The van der Waals surface area contributed by atoms with Crippen molar-refractivity contribution in [3.8, 4) is 0 Å². The number of carbonyl (C=O) groups is 1. The van der Waals surface area contributed by atoms with E-state index in [-0.39, 0.29) is 7.85 Å². The lowest BCUT2D eigenvalue weighted by Crippen LogP contribution is -2.33. The van der Waals surface area contributed by atoms with Gasteiger partial charge >= 0.3 is 6.18 Å². The summed E-state index contributed by atoms with van der Waals surface area (Å²) < 4.78 is 34.0. The zero-order valence-electron chi connectivity index (χ0n) is 5.46. The fourth-order valence-electron chi connectivity index (χ4n) is 0.324. The van der Waals surface area contributed by atoms with E-state index in [0.29, 0.717) is 0 Å². The van der Waals surface area contributed by atoms with Gasteiger partial charge in [-0.25, -0.2) is 0 Å². The number of nitrogens with one attached hydrogen (secondary N) is 1. The lowest BCUT2D eigenvalue weighted by atomic mass is 10.4. The quantitative estimate of drug-likeness (QED) is 0.643. The molecule has 0 aliphatic rings. The Morgan fingerprint density at radius 1 is 1.60 bits per heavy atom. The molecule has 0 unspecified atom stereocenters. The van der Waals surface area contributed by atoms with Crippen molar-refractivity contribution in [3.63, 3.8) is 0 Å². The third kappa shape index (κ3) is 5.40. The highest BCUT2D eigenvalue weighted by Gasteiger charge is 2.27. The van der Waals surface area contributed by atoms with Crippen molar-refractivity contribution in [1.82, 2.24) is 5.32 Å². The van der Waals surface area contributed by atoms with Gasteiger partial charge < -0.3 is 5.32 Å². The molecule has 5 heteroatoms. The Morgan fingerprint density at radius 2 is 2.10 bits per heavy atom. The van der Waals surface area contributed by atoms with Crippen molar-refractivity contribution in [2.24, 2.45) is 0 Å². The summed E-state index contributed by atoms with van der Waals surface area (Å²) in [6.45, 7) is 0.255. The van der Waals surface area contributed by atoms with E-state index < -0.39 is 18.6 Å². The van der Waals surface area contributed by atoms with E-state index in [2.05, 4.69) is 0 Å². The van der Waals surface area contributed by atoms with Gasteiger partial charge in [-0.3, -0.25) is 4.79 Å². The average molecular weight is 157 g/mol. The van der Waals surface area contributed by atoms with Gasteiger partial charge in [0.15, 0.2) is 0 Å². The van der Waals surface area contributed by atoms with Crippen LogP contribution in [0, 0.1) is 0 Å². The average Bonchev–Trinajstić information content (AvgIpc) is 1.81. The van der Waals surface area contributed by atoms with E-state index >= 15 is 0 Å². The molecule has 2 nitrogen and oxygen atoms in total. The number of carbonyl (C=O) groups excluding carboxylic acids is 1. The van der Waals surface area contributed by atoms with Gasteiger partial charge in [-0.15, -0.1) is 0 Å². The number of halogens is 3. The van der Waals surface area contributed by atoms with Crippen LogP contribution in [-0.2, 0) is 4.79 Å². The van der Waals surface area contributed by atoms with Gasteiger partial charge in [0.1, 0.15) is 6.54 Å². The van der Waals surface area contributed by atoms with Crippen LogP contribution in [0.25, 0.3) is 0 Å². The minimum atomic E-state index is -4.30. The number of rotatable bonds is 2. The first kappa shape index (κ1) is 9.26. The highest BCUT2D eigenvalue weighted by Crippen LogP contribution is 2.11. The van der Waals surface area contributed by atoms with Crippen LogP contribution in [0.5, 0.6) is 0 Å². The van der Waals surface area contributed by atoms with Crippen LogP contribution in [0.2, 0.25) is 0 Å². The zero-order chi connectivity index (χ0) is 8.20. The van der Waals surface area contributed by atoms with Crippen LogP contribution < -0.4 is 5.32 Å². The van der Waals surface area contributed by atoms with E-state index in [9.17, 15) is 18.0 Å². The second kappa shape index (κ2) is 3.43. The zero-order valence-corrected chi connectivity index (χ0v) is 5.46. The molecule has 0 spiro atoms. The molecule has 0 aliphatic heterocycles. The smallest absolute Gasteiger partial charge is 0.347 e. The van der Waals surface area contributed by atoms with Gasteiger partial charge in [0.05, 0.1) is 0 Å². The highest BCUT2D eigenvalue weighted by atomic mass is 19.4. The van der Waals surface area contributed by atoms with E-state index in [0.717, 1.165) is 0 Å². The number of amides is 1. The highest BCUT2D eigenvalue weighted by molar-refractivity contribution is 5.75. The molecule has 0 aromatic rings. The summed E-state index contributed by atoms with van der Waals surface area (Å²) in [7, 11) is 0. The van der Waals surface area contributed by atoms with Gasteiger partial charge in [-0.2, -0.15) is 13.2 Å². The predicted octanol–water partition coefficient (Wildman–Crippen LogP) is 1.32. The molecular weight excluding hydrogens is 147 g/mol. The molecule has 0 aromatic heterocycles. The molecule has 1 N–H and O–H groups in total. The fraction of sp³-hybridized carbons (Fsp3) is 0.800. The maximum absolute atomic E-state index is 11.3. The summed E-state index contributed by atoms with van der Waals surface area (Å²) in [4.78, 5) is 10.2. The Bertz CT molecular complexity index is 125. The molecule has 0 aliphatic carbocycles. The molecule has 0 bridgehead atoms. The Hall–Kier alpha value is -0.740. The van der Waals surface area contributed by atoms with E-state index in [1.54, 1.807) is 5.32 Å². The SMILES string of the molecule is CCC(=O)NCC(F)(F)F.[HH]. The minimum Gasteiger partial charge on any atom is -0.347 e. The topological polar surface area (TPSA) is 29.1 Å². The maximum atomic E-state index is 11.3. The first-order valence-corrected chi connectivity index (χ1v) is 2.79. The summed E-state index contributed by atoms with van der Waals surface area (Å²) in [5.41, 5.74) is 0. The van der Waals surface area contributed by atoms with Gasteiger partial charge in [0, 0.05) is 7.85 Å². The second-order valence-electron chi connectivity index (χ2n) is 1.75. The van der Waals surface area contributed by atoms with Crippen molar-refractivity contribution in [1.29, 1.82) is 0 Å². The summed E-state index contributed by atoms with van der Waals surface area (Å²) >= 11 is 0. The van der Waals surface area contributed by atoms with E-state index in [1.165, 1.54) is 6.92 Å². The molecule has 0 fully saturated rings. The van der Waals surface area contributed by atoms with Crippen molar-refractivity contribution in [2.45, 2.75) is 19.5 Å². The Balaban J connectivity index is 0. The minimum absolute atomic E-state index is 0. The number of alkyl halides is 3. The van der Waals surface area contributed by atoms with Gasteiger partial charge in [-0.1, -0.05) is 6.92 Å². The van der Waals surface area contributed by atoms with Gasteiger partial charge in [0.25, 0.3) is 0 Å². The third-order valence-electron chi connectivity index (χ3n) is 0.807. The van der Waals surface area contributed by atoms with Crippen molar-refractivity contribution in [2.75, 3.05) is 6.54 Å². The molecule has 0 saturated carbocycles. The monoisotopic (exact) mass is 157 g/mol. The summed E-state index contributed by atoms with van der Waals surface area (Å²) in [6, 6.07) is 0. The van der Waals surface area contributed by atoms with Crippen LogP contribution in [0.15, 0.2) is 0 Å². The predicted molar refractivity (Wildman–Crippen MR) is 31.5 cm³/mol. The van der Waals surface area contributed by atoms with E-state index in [4.69, 9.17) is 0 Å². The van der Waals surface area contributed by atoms with Crippen molar-refractivity contribution < 1.29 is 19.4 Å². The van der Waals surface area contributed by atoms with Crippen LogP contribution in [0.3, 0.4) is 0 Å². The molecule has 62 valence electrons. The summed E-state index contributed by atoms with van der Waals surface area (Å²) in [6.07, 6.45) is -4.22. The lowest BCUT2D eigenvalue weighted by Gasteiger charge is -2.06. The van der Waals surface area contributed by atoms with E-state index in [1.807, 2.05) is 0 Å². The molecule has 0 rings (SSSR count). The molecule has 10 heavy (non-hydrogen) atoms. The number of hydrogen-bond donors (Lipinski definition) is 1. The summed E-state index contributed by atoms with van der Waals surface area (Å²) in [5.74, 6) is -0.586. The first-order chi connectivity index (χ1) is 4.45. The molecule has 0 aromatic carbocycles.